The minimum atomic E-state index is -4.22. The third-order valence-electron chi connectivity index (χ3n) is 2.29. The molecule has 0 unspecified atom stereocenters. The predicted molar refractivity (Wildman–Crippen MR) is 49.3 cm³/mol. The molecule has 0 aliphatic heterocycles. The van der Waals surface area contributed by atoms with E-state index in [1.165, 1.54) is 4.57 Å². The molecule has 0 fully saturated rings. The molecule has 0 N–H and O–H groups in total. The highest BCUT2D eigenvalue weighted by molar-refractivity contribution is 5.29. The lowest BCUT2D eigenvalue weighted by Gasteiger charge is -2.12. The number of nitrogens with zero attached hydrogens (tertiary/aromatic N) is 2. The normalized spacial score (nSPS) is 11.5. The first-order valence-corrected chi connectivity index (χ1v) is 4.44. The molecule has 82 valence electrons. The highest BCUT2D eigenvalue weighted by Gasteiger charge is 2.29. The van der Waals surface area contributed by atoms with Crippen molar-refractivity contribution in [3.63, 3.8) is 0 Å². The summed E-state index contributed by atoms with van der Waals surface area (Å²) in [5, 5.41) is 8.50. The maximum atomic E-state index is 12.2. The van der Waals surface area contributed by atoms with Gasteiger partial charge in [-0.25, -0.2) is 0 Å². The van der Waals surface area contributed by atoms with Gasteiger partial charge in [0.2, 0.25) is 0 Å². The van der Waals surface area contributed by atoms with Crippen LogP contribution in [0.4, 0.5) is 13.2 Å². The van der Waals surface area contributed by atoms with Crippen LogP contribution in [0.15, 0.2) is 6.07 Å². The van der Waals surface area contributed by atoms with Gasteiger partial charge in [0.05, 0.1) is 12.5 Å². The zero-order valence-corrected chi connectivity index (χ0v) is 8.52. The number of rotatable bonds is 2. The molecule has 0 aliphatic carbocycles. The zero-order chi connectivity index (χ0) is 11.6. The average Bonchev–Trinajstić information content (AvgIpc) is 2.32. The van der Waals surface area contributed by atoms with Crippen molar-refractivity contribution in [2.75, 3.05) is 0 Å². The Kier molecular flexibility index (Phi) is 3.08. The summed E-state index contributed by atoms with van der Waals surface area (Å²) in [6.07, 6.45) is -4.07. The first-order valence-electron chi connectivity index (χ1n) is 4.44. The van der Waals surface area contributed by atoms with E-state index in [1.54, 1.807) is 19.9 Å². The van der Waals surface area contributed by atoms with Crippen LogP contribution >= 0.6 is 0 Å². The Morgan fingerprint density at radius 3 is 2.47 bits per heavy atom. The van der Waals surface area contributed by atoms with E-state index in [9.17, 15) is 13.2 Å². The lowest BCUT2D eigenvalue weighted by Crippen LogP contribution is -2.19. The third kappa shape index (κ3) is 2.75. The third-order valence-corrected chi connectivity index (χ3v) is 2.29. The van der Waals surface area contributed by atoms with Crippen LogP contribution in [-0.4, -0.2) is 10.7 Å². The van der Waals surface area contributed by atoms with Crippen LogP contribution in [0.25, 0.3) is 0 Å². The number of hydrogen-bond donors (Lipinski definition) is 0. The molecule has 0 radical (unpaired) electrons. The van der Waals surface area contributed by atoms with Crippen LogP contribution < -0.4 is 0 Å². The quantitative estimate of drug-likeness (QED) is 0.747. The van der Waals surface area contributed by atoms with E-state index in [-0.39, 0.29) is 6.42 Å². The van der Waals surface area contributed by atoms with Gasteiger partial charge in [0.25, 0.3) is 0 Å². The van der Waals surface area contributed by atoms with Crippen molar-refractivity contribution in [2.45, 2.75) is 33.0 Å². The van der Waals surface area contributed by atoms with E-state index in [4.69, 9.17) is 5.26 Å². The lowest BCUT2D eigenvalue weighted by molar-refractivity contribution is -0.141. The van der Waals surface area contributed by atoms with Crippen molar-refractivity contribution < 1.29 is 13.2 Å². The Balaban J connectivity index is 3.04. The highest BCUT2D eigenvalue weighted by Crippen LogP contribution is 2.23. The summed E-state index contributed by atoms with van der Waals surface area (Å²) >= 11 is 0. The molecular weight excluding hydrogens is 205 g/mol. The van der Waals surface area contributed by atoms with E-state index in [2.05, 4.69) is 0 Å². The van der Waals surface area contributed by atoms with E-state index < -0.39 is 12.7 Å². The molecule has 1 aromatic rings. The minimum Gasteiger partial charge on any atom is -0.340 e. The molecule has 0 amide bonds. The fourth-order valence-corrected chi connectivity index (χ4v) is 1.56. The van der Waals surface area contributed by atoms with Crippen molar-refractivity contribution in [1.82, 2.24) is 4.57 Å². The second-order valence-electron chi connectivity index (χ2n) is 3.43. The number of nitriles is 1. The zero-order valence-electron chi connectivity index (χ0n) is 8.52. The molecule has 1 heterocycles. The molecule has 0 bridgehead atoms. The van der Waals surface area contributed by atoms with Gasteiger partial charge in [0.15, 0.2) is 0 Å². The van der Waals surface area contributed by atoms with E-state index in [0.29, 0.717) is 17.0 Å². The maximum absolute atomic E-state index is 12.2. The van der Waals surface area contributed by atoms with E-state index in [0.717, 1.165) is 0 Å². The van der Waals surface area contributed by atoms with Crippen LogP contribution in [-0.2, 0) is 13.0 Å². The van der Waals surface area contributed by atoms with Gasteiger partial charge in [-0.1, -0.05) is 0 Å². The summed E-state index contributed by atoms with van der Waals surface area (Å²) in [4.78, 5) is 0. The fraction of sp³-hybridized carbons (Fsp3) is 0.500. The van der Waals surface area contributed by atoms with Gasteiger partial charge in [-0.15, -0.1) is 0 Å². The van der Waals surface area contributed by atoms with Crippen molar-refractivity contribution in [3.8, 4) is 6.07 Å². The maximum Gasteiger partial charge on any atom is 0.406 e. The average molecular weight is 216 g/mol. The van der Waals surface area contributed by atoms with Gasteiger partial charge in [-0.3, -0.25) is 0 Å². The van der Waals surface area contributed by atoms with Crippen LogP contribution in [0.1, 0.15) is 17.0 Å². The number of aryl methyl sites for hydroxylation is 1. The fourth-order valence-electron chi connectivity index (χ4n) is 1.56. The summed E-state index contributed by atoms with van der Waals surface area (Å²) in [6.45, 7) is 2.22. The van der Waals surface area contributed by atoms with Crippen molar-refractivity contribution in [2.24, 2.45) is 0 Å². The smallest absolute Gasteiger partial charge is 0.340 e. The van der Waals surface area contributed by atoms with Crippen LogP contribution in [0.2, 0.25) is 0 Å². The van der Waals surface area contributed by atoms with Gasteiger partial charge in [0.1, 0.15) is 6.54 Å². The number of hydrogen-bond acceptors (Lipinski definition) is 1. The molecule has 0 aromatic carbocycles. The summed E-state index contributed by atoms with van der Waals surface area (Å²) in [5.41, 5.74) is 1.72. The Morgan fingerprint density at radius 1 is 1.40 bits per heavy atom. The van der Waals surface area contributed by atoms with E-state index in [1.807, 2.05) is 6.07 Å². The molecule has 5 heteroatoms. The van der Waals surface area contributed by atoms with Crippen LogP contribution in [0, 0.1) is 25.2 Å². The number of aromatic nitrogens is 1. The summed E-state index contributed by atoms with van der Waals surface area (Å²) in [7, 11) is 0. The monoisotopic (exact) mass is 216 g/mol. The SMILES string of the molecule is Cc1cc(CC#N)c(C)n1CC(F)(F)F. The van der Waals surface area contributed by atoms with Crippen LogP contribution in [0.5, 0.6) is 0 Å². The first kappa shape index (κ1) is 11.6. The second kappa shape index (κ2) is 3.97. The molecule has 1 aromatic heterocycles. The molecule has 0 saturated carbocycles. The molecule has 0 atom stereocenters. The summed E-state index contributed by atoms with van der Waals surface area (Å²) in [6, 6.07) is 3.56. The molecule has 0 aliphatic rings. The molecule has 15 heavy (non-hydrogen) atoms. The molecule has 0 saturated heterocycles. The first-order chi connectivity index (χ1) is 6.85. The summed E-state index contributed by atoms with van der Waals surface area (Å²) < 4.78 is 37.8. The van der Waals surface area contributed by atoms with Gasteiger partial charge in [-0.2, -0.15) is 18.4 Å². The molecule has 2 nitrogen and oxygen atoms in total. The Bertz CT molecular complexity index is 396. The Hall–Kier alpha value is -1.44. The van der Waals surface area contributed by atoms with Gasteiger partial charge in [-0.05, 0) is 25.5 Å². The Morgan fingerprint density at radius 2 is 2.00 bits per heavy atom. The predicted octanol–water partition coefficient (Wildman–Crippen LogP) is 2.73. The van der Waals surface area contributed by atoms with Crippen molar-refractivity contribution in [3.05, 3.63) is 23.0 Å². The molecular formula is C10H11F3N2. The minimum absolute atomic E-state index is 0.150. The largest absolute Gasteiger partial charge is 0.406 e. The topological polar surface area (TPSA) is 28.7 Å². The second-order valence-corrected chi connectivity index (χ2v) is 3.43. The highest BCUT2D eigenvalue weighted by atomic mass is 19.4. The van der Waals surface area contributed by atoms with Gasteiger partial charge >= 0.3 is 6.18 Å². The standard InChI is InChI=1S/C10H11F3N2/c1-7-5-9(3-4-14)8(2)15(7)6-10(11,12)13/h5H,3,6H2,1-2H3. The Labute approximate surface area is 85.9 Å². The van der Waals surface area contributed by atoms with Gasteiger partial charge in [0, 0.05) is 11.4 Å². The molecule has 1 rings (SSSR count). The summed E-state index contributed by atoms with van der Waals surface area (Å²) in [5.74, 6) is 0. The van der Waals surface area contributed by atoms with Gasteiger partial charge < -0.3 is 4.57 Å². The number of halogens is 3. The molecule has 0 spiro atoms. The van der Waals surface area contributed by atoms with Crippen molar-refractivity contribution in [1.29, 1.82) is 5.26 Å². The lowest BCUT2D eigenvalue weighted by atomic mass is 10.2. The van der Waals surface area contributed by atoms with E-state index >= 15 is 0 Å². The van der Waals surface area contributed by atoms with Crippen molar-refractivity contribution >= 4 is 0 Å². The van der Waals surface area contributed by atoms with Crippen LogP contribution in [0.3, 0.4) is 0 Å². The number of alkyl halides is 3.